The van der Waals surface area contributed by atoms with E-state index in [0.717, 1.165) is 31.4 Å². The fourth-order valence-corrected chi connectivity index (χ4v) is 4.83. The monoisotopic (exact) mass is 372 g/mol. The van der Waals surface area contributed by atoms with Gasteiger partial charge in [0.2, 0.25) is 0 Å². The molecule has 1 saturated carbocycles. The maximum Gasteiger partial charge on any atom is 0.322 e. The number of nitrogens with zero attached hydrogens (tertiary/aromatic N) is 1. The van der Waals surface area contributed by atoms with Gasteiger partial charge in [-0.25, -0.2) is 4.79 Å². The van der Waals surface area contributed by atoms with Gasteiger partial charge in [-0.2, -0.15) is 0 Å². The van der Waals surface area contributed by atoms with Crippen molar-refractivity contribution in [2.24, 2.45) is 0 Å². The number of quaternary nitrogens is 1. The molecule has 3 rings (SSSR count). The summed E-state index contributed by atoms with van der Waals surface area (Å²) in [5.41, 5.74) is 3.42. The molecule has 0 bridgehead atoms. The minimum Gasteiger partial charge on any atom is -0.333 e. The number of hydrogen-bond acceptors (Lipinski definition) is 1. The Balaban J connectivity index is 1.73. The summed E-state index contributed by atoms with van der Waals surface area (Å²) in [6.07, 6.45) is 8.42. The molecule has 1 aromatic carbocycles. The highest BCUT2D eigenvalue weighted by molar-refractivity contribution is 5.90. The van der Waals surface area contributed by atoms with Crippen molar-refractivity contribution in [3.05, 3.63) is 29.3 Å². The molecule has 4 heteroatoms. The van der Waals surface area contributed by atoms with Gasteiger partial charge in [0.1, 0.15) is 0 Å². The number of urea groups is 1. The van der Waals surface area contributed by atoms with Gasteiger partial charge in [-0.15, -0.1) is 0 Å². The zero-order valence-corrected chi connectivity index (χ0v) is 17.7. The van der Waals surface area contributed by atoms with Gasteiger partial charge in [-0.3, -0.25) is 0 Å². The summed E-state index contributed by atoms with van der Waals surface area (Å²) in [6, 6.07) is 7.82. The highest BCUT2D eigenvalue weighted by atomic mass is 16.2. The number of rotatable bonds is 4. The lowest BCUT2D eigenvalue weighted by atomic mass is 9.91. The number of anilines is 1. The SMILES string of the molecule is Cc1ccc(NC(=O)N(C2CCCCC2)C2CC[NH+](C(C)C)CC2)cc1C. The molecular formula is C23H38N3O+. The van der Waals surface area contributed by atoms with Gasteiger partial charge in [0.25, 0.3) is 0 Å². The number of carbonyl (C=O) groups excluding carboxylic acids is 1. The van der Waals surface area contributed by atoms with Crippen LogP contribution in [0.5, 0.6) is 0 Å². The minimum atomic E-state index is 0.114. The zero-order valence-electron chi connectivity index (χ0n) is 17.7. The molecule has 1 aliphatic heterocycles. The zero-order chi connectivity index (χ0) is 19.4. The summed E-state index contributed by atoms with van der Waals surface area (Å²) in [7, 11) is 0. The first-order valence-electron chi connectivity index (χ1n) is 11.0. The molecule has 150 valence electrons. The van der Waals surface area contributed by atoms with E-state index >= 15 is 0 Å². The first-order chi connectivity index (χ1) is 13.0. The van der Waals surface area contributed by atoms with Crippen molar-refractivity contribution < 1.29 is 9.69 Å². The average molecular weight is 373 g/mol. The summed E-state index contributed by atoms with van der Waals surface area (Å²) in [4.78, 5) is 17.3. The van der Waals surface area contributed by atoms with Gasteiger partial charge >= 0.3 is 6.03 Å². The third-order valence-corrected chi connectivity index (χ3v) is 6.77. The molecule has 1 heterocycles. The van der Waals surface area contributed by atoms with Crippen LogP contribution in [-0.4, -0.2) is 42.1 Å². The Hall–Kier alpha value is -1.55. The van der Waals surface area contributed by atoms with Crippen LogP contribution in [0.3, 0.4) is 0 Å². The lowest BCUT2D eigenvalue weighted by Crippen LogP contribution is -3.16. The minimum absolute atomic E-state index is 0.114. The van der Waals surface area contributed by atoms with Crippen molar-refractivity contribution in [1.29, 1.82) is 0 Å². The molecule has 0 spiro atoms. The van der Waals surface area contributed by atoms with Gasteiger partial charge in [0, 0.05) is 30.6 Å². The van der Waals surface area contributed by atoms with E-state index in [1.54, 1.807) is 4.90 Å². The lowest BCUT2D eigenvalue weighted by Gasteiger charge is -2.43. The van der Waals surface area contributed by atoms with E-state index in [1.165, 1.54) is 43.5 Å². The van der Waals surface area contributed by atoms with E-state index in [0.29, 0.717) is 18.1 Å². The van der Waals surface area contributed by atoms with Gasteiger partial charge in [0.15, 0.2) is 0 Å². The van der Waals surface area contributed by atoms with Gasteiger partial charge < -0.3 is 15.1 Å². The molecule has 1 aliphatic carbocycles. The van der Waals surface area contributed by atoms with E-state index in [9.17, 15) is 4.79 Å². The predicted molar refractivity (Wildman–Crippen MR) is 113 cm³/mol. The average Bonchev–Trinajstić information content (AvgIpc) is 2.66. The molecule has 2 amide bonds. The van der Waals surface area contributed by atoms with Gasteiger partial charge in [0.05, 0.1) is 19.1 Å². The van der Waals surface area contributed by atoms with Crippen LogP contribution in [0.25, 0.3) is 0 Å². The van der Waals surface area contributed by atoms with Crippen LogP contribution in [0.4, 0.5) is 10.5 Å². The quantitative estimate of drug-likeness (QED) is 0.826. The summed E-state index contributed by atoms with van der Waals surface area (Å²) < 4.78 is 0. The number of amides is 2. The summed E-state index contributed by atoms with van der Waals surface area (Å²) in [6.45, 7) is 11.2. The largest absolute Gasteiger partial charge is 0.333 e. The number of hydrogen-bond donors (Lipinski definition) is 2. The fraction of sp³-hybridized carbons (Fsp3) is 0.696. The van der Waals surface area contributed by atoms with Crippen LogP contribution in [-0.2, 0) is 0 Å². The van der Waals surface area contributed by atoms with Crippen LogP contribution in [0.2, 0.25) is 0 Å². The predicted octanol–water partition coefficient (Wildman–Crippen LogP) is 3.93. The normalized spacial score (nSPS) is 24.0. The smallest absolute Gasteiger partial charge is 0.322 e. The molecule has 0 aromatic heterocycles. The maximum absolute atomic E-state index is 13.3. The first kappa shape index (κ1) is 20.2. The molecule has 0 atom stereocenters. The number of piperidine rings is 1. The Kier molecular flexibility index (Phi) is 6.80. The van der Waals surface area contributed by atoms with E-state index in [2.05, 4.69) is 50.0 Å². The second-order valence-corrected chi connectivity index (χ2v) is 8.97. The fourth-order valence-electron chi connectivity index (χ4n) is 4.83. The third kappa shape index (κ3) is 5.04. The van der Waals surface area contributed by atoms with E-state index in [1.807, 2.05) is 6.07 Å². The molecular weight excluding hydrogens is 334 g/mol. The van der Waals surface area contributed by atoms with Gasteiger partial charge in [-0.1, -0.05) is 25.3 Å². The molecule has 1 saturated heterocycles. The third-order valence-electron chi connectivity index (χ3n) is 6.77. The Bertz CT molecular complexity index is 629. The first-order valence-corrected chi connectivity index (χ1v) is 11.0. The van der Waals surface area contributed by atoms with Crippen LogP contribution >= 0.6 is 0 Å². The topological polar surface area (TPSA) is 36.8 Å². The highest BCUT2D eigenvalue weighted by Crippen LogP contribution is 2.27. The van der Waals surface area contributed by atoms with E-state index in [-0.39, 0.29) is 6.03 Å². The summed E-state index contributed by atoms with van der Waals surface area (Å²) in [5.74, 6) is 0. The summed E-state index contributed by atoms with van der Waals surface area (Å²) in [5, 5.41) is 3.22. The standard InChI is InChI=1S/C23H37N3O/c1-17(2)25-14-12-22(13-15-25)26(21-8-6-5-7-9-21)23(27)24-20-11-10-18(3)19(4)16-20/h10-11,16-17,21-22H,5-9,12-15H2,1-4H3,(H,24,27)/p+1. The van der Waals surface area contributed by atoms with Crippen LogP contribution in [0, 0.1) is 13.8 Å². The molecule has 2 aliphatic rings. The van der Waals surface area contributed by atoms with Crippen molar-refractivity contribution in [2.75, 3.05) is 18.4 Å². The Morgan fingerprint density at radius 2 is 1.63 bits per heavy atom. The molecule has 0 unspecified atom stereocenters. The number of carbonyl (C=O) groups is 1. The molecule has 1 aromatic rings. The van der Waals surface area contributed by atoms with E-state index in [4.69, 9.17) is 0 Å². The molecule has 27 heavy (non-hydrogen) atoms. The number of benzene rings is 1. The van der Waals surface area contributed by atoms with Crippen molar-refractivity contribution in [1.82, 2.24) is 4.90 Å². The molecule has 2 N–H and O–H groups in total. The second-order valence-electron chi connectivity index (χ2n) is 8.97. The highest BCUT2D eigenvalue weighted by Gasteiger charge is 2.35. The van der Waals surface area contributed by atoms with Crippen LogP contribution in [0.1, 0.15) is 69.9 Å². The second kappa shape index (κ2) is 9.09. The lowest BCUT2D eigenvalue weighted by molar-refractivity contribution is -0.926. The Morgan fingerprint density at radius 3 is 2.22 bits per heavy atom. The molecule has 0 radical (unpaired) electrons. The van der Waals surface area contributed by atoms with Crippen molar-refractivity contribution in [2.45, 2.75) is 90.8 Å². The number of nitrogens with one attached hydrogen (secondary N) is 2. The van der Waals surface area contributed by atoms with Gasteiger partial charge in [-0.05, 0) is 63.8 Å². The van der Waals surface area contributed by atoms with Crippen LogP contribution in [0.15, 0.2) is 18.2 Å². The number of likely N-dealkylation sites (tertiary alicyclic amines) is 1. The van der Waals surface area contributed by atoms with Crippen LogP contribution < -0.4 is 10.2 Å². The van der Waals surface area contributed by atoms with Crippen molar-refractivity contribution >= 4 is 11.7 Å². The molecule has 4 nitrogen and oxygen atoms in total. The van der Waals surface area contributed by atoms with Crippen molar-refractivity contribution in [3.63, 3.8) is 0 Å². The maximum atomic E-state index is 13.3. The Morgan fingerprint density at radius 1 is 1.00 bits per heavy atom. The van der Waals surface area contributed by atoms with E-state index < -0.39 is 0 Å². The molecule has 2 fully saturated rings. The summed E-state index contributed by atoms with van der Waals surface area (Å²) >= 11 is 0. The Labute approximate surface area is 165 Å². The number of aryl methyl sites for hydroxylation is 2. The van der Waals surface area contributed by atoms with Crippen molar-refractivity contribution in [3.8, 4) is 0 Å².